The Morgan fingerprint density at radius 1 is 1.29 bits per heavy atom. The maximum absolute atomic E-state index is 13.3. The number of hydrogen-bond donors (Lipinski definition) is 1. The normalized spacial score (nSPS) is 25.5. The Balaban J connectivity index is 1.93. The topological polar surface area (TPSA) is 12.0 Å². The summed E-state index contributed by atoms with van der Waals surface area (Å²) in [5, 5.41) is 3.31. The largest absolute Gasteiger partial charge is 0.307 e. The third-order valence-corrected chi connectivity index (χ3v) is 3.43. The lowest BCUT2D eigenvalue weighted by atomic mass is 9.91. The molecule has 3 heteroatoms. The molecule has 1 aliphatic carbocycles. The van der Waals surface area contributed by atoms with Gasteiger partial charge in [0, 0.05) is 24.9 Å². The molecule has 1 aromatic carbocycles. The molecule has 1 saturated carbocycles. The number of alkyl halides is 2. The van der Waals surface area contributed by atoms with Gasteiger partial charge in [0.2, 0.25) is 5.92 Å². The van der Waals surface area contributed by atoms with Gasteiger partial charge in [-0.3, -0.25) is 0 Å². The van der Waals surface area contributed by atoms with Crippen LogP contribution < -0.4 is 5.32 Å². The quantitative estimate of drug-likeness (QED) is 0.843. The zero-order valence-electron chi connectivity index (χ0n) is 10.1. The molecule has 0 heterocycles. The Kier molecular flexibility index (Phi) is 3.77. The number of benzene rings is 1. The lowest BCUT2D eigenvalue weighted by molar-refractivity contribution is -0.0451. The Bertz CT molecular complexity index is 350. The Morgan fingerprint density at radius 2 is 2.00 bits per heavy atom. The smallest absolute Gasteiger partial charge is 0.249 e. The monoisotopic (exact) mass is 239 g/mol. The minimum atomic E-state index is -2.48. The summed E-state index contributed by atoms with van der Waals surface area (Å²) in [5.41, 5.74) is 1.15. The second-order valence-electron chi connectivity index (χ2n) is 4.95. The highest BCUT2D eigenvalue weighted by Crippen LogP contribution is 2.33. The van der Waals surface area contributed by atoms with Crippen LogP contribution in [0.25, 0.3) is 0 Å². The molecule has 1 aromatic rings. The molecular formula is C14H19F2N. The number of halogens is 2. The summed E-state index contributed by atoms with van der Waals surface area (Å²) in [4.78, 5) is 0. The van der Waals surface area contributed by atoms with E-state index in [9.17, 15) is 8.78 Å². The zero-order chi connectivity index (χ0) is 12.3. The highest BCUT2D eigenvalue weighted by molar-refractivity contribution is 5.18. The van der Waals surface area contributed by atoms with Crippen LogP contribution >= 0.6 is 0 Å². The average molecular weight is 239 g/mol. The first-order chi connectivity index (χ1) is 8.07. The molecule has 1 aliphatic rings. The van der Waals surface area contributed by atoms with Crippen molar-refractivity contribution in [2.24, 2.45) is 0 Å². The van der Waals surface area contributed by atoms with Gasteiger partial charge < -0.3 is 5.32 Å². The summed E-state index contributed by atoms with van der Waals surface area (Å²) < 4.78 is 26.5. The van der Waals surface area contributed by atoms with Crippen LogP contribution in [0, 0.1) is 0 Å². The molecule has 2 rings (SSSR count). The van der Waals surface area contributed by atoms with Gasteiger partial charge in [-0.25, -0.2) is 8.78 Å². The van der Waals surface area contributed by atoms with Crippen molar-refractivity contribution in [1.29, 1.82) is 0 Å². The third-order valence-electron chi connectivity index (χ3n) is 3.43. The van der Waals surface area contributed by atoms with Gasteiger partial charge in [-0.05, 0) is 25.3 Å². The lowest BCUT2D eigenvalue weighted by Gasteiger charge is -2.31. The molecule has 0 aliphatic heterocycles. The molecule has 1 unspecified atom stereocenters. The fourth-order valence-corrected chi connectivity index (χ4v) is 2.51. The van der Waals surface area contributed by atoms with Crippen molar-refractivity contribution in [3.8, 4) is 0 Å². The molecular weight excluding hydrogens is 220 g/mol. The molecule has 1 N–H and O–H groups in total. The summed E-state index contributed by atoms with van der Waals surface area (Å²) in [6.07, 6.45) is 1.49. The molecule has 0 aromatic heterocycles. The van der Waals surface area contributed by atoms with Crippen LogP contribution in [0.1, 0.15) is 44.2 Å². The van der Waals surface area contributed by atoms with Crippen molar-refractivity contribution in [3.05, 3.63) is 35.9 Å². The van der Waals surface area contributed by atoms with Crippen molar-refractivity contribution in [1.82, 2.24) is 5.32 Å². The van der Waals surface area contributed by atoms with Gasteiger partial charge in [0.1, 0.15) is 0 Å². The predicted molar refractivity (Wildman–Crippen MR) is 65.2 cm³/mol. The number of hydrogen-bond acceptors (Lipinski definition) is 1. The molecule has 0 saturated heterocycles. The minimum Gasteiger partial charge on any atom is -0.307 e. The second-order valence-corrected chi connectivity index (χ2v) is 4.95. The first kappa shape index (κ1) is 12.5. The van der Waals surface area contributed by atoms with E-state index >= 15 is 0 Å². The predicted octanol–water partition coefficient (Wildman–Crippen LogP) is 3.92. The minimum absolute atomic E-state index is 0.0236. The Morgan fingerprint density at radius 3 is 2.65 bits per heavy atom. The van der Waals surface area contributed by atoms with Gasteiger partial charge in [-0.15, -0.1) is 0 Å². The molecule has 0 amide bonds. The molecule has 2 atom stereocenters. The summed E-state index contributed by atoms with van der Waals surface area (Å²) >= 11 is 0. The van der Waals surface area contributed by atoms with E-state index in [1.54, 1.807) is 0 Å². The first-order valence-electron chi connectivity index (χ1n) is 6.26. The van der Waals surface area contributed by atoms with Crippen molar-refractivity contribution in [2.75, 3.05) is 0 Å². The molecule has 0 spiro atoms. The lowest BCUT2D eigenvalue weighted by Crippen LogP contribution is -2.40. The van der Waals surface area contributed by atoms with Crippen molar-refractivity contribution >= 4 is 0 Å². The van der Waals surface area contributed by atoms with Crippen LogP contribution in [0.4, 0.5) is 8.78 Å². The number of rotatable bonds is 3. The molecule has 1 nitrogen and oxygen atoms in total. The zero-order valence-corrected chi connectivity index (χ0v) is 10.1. The fraction of sp³-hybridized carbons (Fsp3) is 0.571. The molecule has 1 fully saturated rings. The molecule has 94 valence electrons. The van der Waals surface area contributed by atoms with Crippen LogP contribution in [0.15, 0.2) is 30.3 Å². The van der Waals surface area contributed by atoms with Crippen LogP contribution in [0.2, 0.25) is 0 Å². The van der Waals surface area contributed by atoms with Crippen LogP contribution in [0.3, 0.4) is 0 Å². The summed E-state index contributed by atoms with van der Waals surface area (Å²) in [6.45, 7) is 2.03. The Labute approximate surface area is 101 Å². The maximum atomic E-state index is 13.3. The fourth-order valence-electron chi connectivity index (χ4n) is 2.51. The van der Waals surface area contributed by atoms with Crippen molar-refractivity contribution in [2.45, 2.75) is 50.6 Å². The van der Waals surface area contributed by atoms with Gasteiger partial charge in [0.15, 0.2) is 0 Å². The maximum Gasteiger partial charge on any atom is 0.249 e. The highest BCUT2D eigenvalue weighted by Gasteiger charge is 2.36. The summed E-state index contributed by atoms with van der Waals surface area (Å²) in [6, 6.07) is 10.0. The average Bonchev–Trinajstić information content (AvgIpc) is 2.29. The van der Waals surface area contributed by atoms with Gasteiger partial charge in [-0.2, -0.15) is 0 Å². The van der Waals surface area contributed by atoms with E-state index in [2.05, 4.69) is 5.32 Å². The van der Waals surface area contributed by atoms with E-state index in [0.717, 1.165) is 12.0 Å². The van der Waals surface area contributed by atoms with Crippen molar-refractivity contribution < 1.29 is 8.78 Å². The highest BCUT2D eigenvalue weighted by atomic mass is 19.3. The molecule has 0 bridgehead atoms. The number of nitrogens with one attached hydrogen (secondary N) is 1. The van der Waals surface area contributed by atoms with Crippen molar-refractivity contribution in [3.63, 3.8) is 0 Å². The summed E-state index contributed by atoms with van der Waals surface area (Å²) in [7, 11) is 0. The van der Waals surface area contributed by atoms with Crippen LogP contribution in [-0.2, 0) is 0 Å². The van der Waals surface area contributed by atoms with E-state index in [0.29, 0.717) is 6.42 Å². The molecule has 0 radical (unpaired) electrons. The summed E-state index contributed by atoms with van der Waals surface area (Å²) in [5.74, 6) is -2.48. The van der Waals surface area contributed by atoms with Gasteiger partial charge in [0.05, 0.1) is 0 Å². The SMILES string of the molecule is CC(N[C@@H]1CCCC(F)(F)C1)c1ccccc1. The standard InChI is InChI=1S/C14H19F2N/c1-11(12-6-3-2-4-7-12)17-13-8-5-9-14(15,16)10-13/h2-4,6-7,11,13,17H,5,8-10H2,1H3/t11?,13-/m1/s1. The van der Waals surface area contributed by atoms with Gasteiger partial charge in [-0.1, -0.05) is 30.3 Å². The van der Waals surface area contributed by atoms with E-state index in [1.165, 1.54) is 0 Å². The first-order valence-corrected chi connectivity index (χ1v) is 6.26. The van der Waals surface area contributed by atoms with Gasteiger partial charge >= 0.3 is 0 Å². The van der Waals surface area contributed by atoms with Crippen LogP contribution in [-0.4, -0.2) is 12.0 Å². The van der Waals surface area contributed by atoms with Crippen LogP contribution in [0.5, 0.6) is 0 Å². The van der Waals surface area contributed by atoms with E-state index in [-0.39, 0.29) is 24.9 Å². The van der Waals surface area contributed by atoms with Gasteiger partial charge in [0.25, 0.3) is 0 Å². The van der Waals surface area contributed by atoms with E-state index in [4.69, 9.17) is 0 Å². The Hall–Kier alpha value is -0.960. The molecule has 17 heavy (non-hydrogen) atoms. The third kappa shape index (κ3) is 3.50. The second kappa shape index (κ2) is 5.13. The van der Waals surface area contributed by atoms with E-state index < -0.39 is 5.92 Å². The van der Waals surface area contributed by atoms with E-state index in [1.807, 2.05) is 37.3 Å².